The molecule has 0 amide bonds. The van der Waals surface area contributed by atoms with E-state index in [1.165, 1.54) is 41.2 Å². The minimum atomic E-state index is 0.865. The summed E-state index contributed by atoms with van der Waals surface area (Å²) in [6.07, 6.45) is 6.77. The van der Waals surface area contributed by atoms with Crippen LogP contribution in [0.5, 0.6) is 5.75 Å². The first kappa shape index (κ1) is 17.5. The smallest absolute Gasteiger partial charge is 0.136 e. The van der Waals surface area contributed by atoms with Gasteiger partial charge in [-0.2, -0.15) is 0 Å². The molecule has 0 bridgehead atoms. The number of aryl methyl sites for hydroxylation is 3. The summed E-state index contributed by atoms with van der Waals surface area (Å²) in [5.41, 5.74) is 8.16. The number of furan rings is 1. The van der Waals surface area contributed by atoms with Gasteiger partial charge in [-0.3, -0.25) is 4.98 Å². The van der Waals surface area contributed by atoms with E-state index in [-0.39, 0.29) is 0 Å². The Kier molecular flexibility index (Phi) is 3.85. The van der Waals surface area contributed by atoms with Crippen molar-refractivity contribution in [3.05, 3.63) is 71.4 Å². The van der Waals surface area contributed by atoms with Gasteiger partial charge in [-0.1, -0.05) is 0 Å². The van der Waals surface area contributed by atoms with Crippen LogP contribution in [-0.2, 0) is 12.8 Å². The fraction of sp³-hybridized carbons (Fsp3) is 0.222. The van der Waals surface area contributed by atoms with Crippen molar-refractivity contribution in [2.75, 3.05) is 7.11 Å². The molecule has 3 heteroatoms. The summed E-state index contributed by atoms with van der Waals surface area (Å²) in [5.74, 6) is 0.865. The summed E-state index contributed by atoms with van der Waals surface area (Å²) in [4.78, 5) is 4.76. The van der Waals surface area contributed by atoms with Crippen molar-refractivity contribution in [3.8, 4) is 17.0 Å². The Hall–Kier alpha value is -3.33. The third-order valence-electron chi connectivity index (χ3n) is 6.51. The molecule has 30 heavy (non-hydrogen) atoms. The van der Waals surface area contributed by atoms with Crippen molar-refractivity contribution in [1.29, 1.82) is 0 Å². The summed E-state index contributed by atoms with van der Waals surface area (Å²) in [6.45, 7) is 2.11. The molecule has 3 nitrogen and oxygen atoms in total. The monoisotopic (exact) mass is 393 g/mol. The lowest BCUT2D eigenvalue weighted by Gasteiger charge is -2.14. The second-order valence-corrected chi connectivity index (χ2v) is 8.34. The molecule has 1 aliphatic rings. The van der Waals surface area contributed by atoms with Gasteiger partial charge in [0.2, 0.25) is 0 Å². The van der Waals surface area contributed by atoms with Crippen LogP contribution in [0.2, 0.25) is 0 Å². The van der Waals surface area contributed by atoms with E-state index < -0.39 is 0 Å². The van der Waals surface area contributed by atoms with Crippen LogP contribution in [0.1, 0.15) is 29.5 Å². The van der Waals surface area contributed by atoms with Gasteiger partial charge in [-0.15, -0.1) is 0 Å². The lowest BCUT2D eigenvalue weighted by atomic mass is 9.90. The SMILES string of the molecule is COc1ccc(-c2nccc3cc4oc5cc6c(cc5c4cc23)CCCC6)c(C)c1. The van der Waals surface area contributed by atoms with Crippen LogP contribution in [0, 0.1) is 6.92 Å². The highest BCUT2D eigenvalue weighted by atomic mass is 16.5. The standard InChI is InChI=1S/C27H23NO2/c1-16-11-20(29-2)7-8-21(16)27-22-15-24-23-12-17-5-3-4-6-18(17)13-25(23)30-26(24)14-19(22)9-10-28-27/h7-15H,3-6H2,1-2H3. The number of hydrogen-bond acceptors (Lipinski definition) is 3. The molecular formula is C27H23NO2. The fourth-order valence-electron chi connectivity index (χ4n) is 4.92. The van der Waals surface area contributed by atoms with Crippen molar-refractivity contribution in [3.63, 3.8) is 0 Å². The molecule has 0 radical (unpaired) electrons. The van der Waals surface area contributed by atoms with E-state index in [0.29, 0.717) is 0 Å². The van der Waals surface area contributed by atoms with Crippen LogP contribution in [0.25, 0.3) is 44.0 Å². The number of benzene rings is 3. The number of fused-ring (bicyclic) bond motifs is 5. The predicted octanol–water partition coefficient (Wildman–Crippen LogP) is 7.00. The first-order valence-electron chi connectivity index (χ1n) is 10.6. The highest BCUT2D eigenvalue weighted by Gasteiger charge is 2.17. The zero-order chi connectivity index (χ0) is 20.2. The minimum Gasteiger partial charge on any atom is -0.497 e. The molecule has 3 aromatic carbocycles. The Morgan fingerprint density at radius 1 is 0.833 bits per heavy atom. The average molecular weight is 393 g/mol. The topological polar surface area (TPSA) is 35.3 Å². The van der Waals surface area contributed by atoms with Gasteiger partial charge >= 0.3 is 0 Å². The van der Waals surface area contributed by atoms with Crippen molar-refractivity contribution < 1.29 is 9.15 Å². The number of aromatic nitrogens is 1. The molecular weight excluding hydrogens is 370 g/mol. The van der Waals surface area contributed by atoms with E-state index in [1.807, 2.05) is 12.3 Å². The molecule has 2 aromatic heterocycles. The number of rotatable bonds is 2. The van der Waals surface area contributed by atoms with Crippen LogP contribution < -0.4 is 4.74 Å². The highest BCUT2D eigenvalue weighted by Crippen LogP contribution is 2.38. The van der Waals surface area contributed by atoms with Crippen LogP contribution in [0.4, 0.5) is 0 Å². The molecule has 2 heterocycles. The van der Waals surface area contributed by atoms with Gasteiger partial charge in [0, 0.05) is 27.9 Å². The average Bonchev–Trinajstić information content (AvgIpc) is 3.11. The normalized spacial score (nSPS) is 13.8. The van der Waals surface area contributed by atoms with E-state index >= 15 is 0 Å². The molecule has 148 valence electrons. The molecule has 0 unspecified atom stereocenters. The van der Waals surface area contributed by atoms with E-state index in [4.69, 9.17) is 14.1 Å². The Morgan fingerprint density at radius 3 is 2.40 bits per heavy atom. The van der Waals surface area contributed by atoms with Gasteiger partial charge in [0.25, 0.3) is 0 Å². The molecule has 0 atom stereocenters. The van der Waals surface area contributed by atoms with E-state index in [1.54, 1.807) is 7.11 Å². The second kappa shape index (κ2) is 6.60. The van der Waals surface area contributed by atoms with Crippen molar-refractivity contribution in [2.24, 2.45) is 0 Å². The third-order valence-corrected chi connectivity index (χ3v) is 6.51. The first-order chi connectivity index (χ1) is 14.7. The van der Waals surface area contributed by atoms with Gasteiger partial charge in [0.1, 0.15) is 16.9 Å². The Labute approximate surface area is 175 Å². The summed E-state index contributed by atoms with van der Waals surface area (Å²) in [7, 11) is 1.70. The molecule has 0 fully saturated rings. The number of nitrogens with zero attached hydrogens (tertiary/aromatic N) is 1. The summed E-state index contributed by atoms with van der Waals surface area (Å²) in [5, 5.41) is 4.69. The van der Waals surface area contributed by atoms with Crippen molar-refractivity contribution in [2.45, 2.75) is 32.6 Å². The van der Waals surface area contributed by atoms with E-state index in [2.05, 4.69) is 49.4 Å². The van der Waals surface area contributed by atoms with Gasteiger partial charge in [-0.25, -0.2) is 0 Å². The maximum absolute atomic E-state index is 6.29. The van der Waals surface area contributed by atoms with Crippen LogP contribution in [0.15, 0.2) is 59.1 Å². The Balaban J connectivity index is 1.63. The highest BCUT2D eigenvalue weighted by molar-refractivity contribution is 6.12. The molecule has 0 spiro atoms. The maximum Gasteiger partial charge on any atom is 0.136 e. The second-order valence-electron chi connectivity index (χ2n) is 8.34. The first-order valence-corrected chi connectivity index (χ1v) is 10.6. The number of ether oxygens (including phenoxy) is 1. The quantitative estimate of drug-likeness (QED) is 0.324. The minimum absolute atomic E-state index is 0.865. The largest absolute Gasteiger partial charge is 0.497 e. The molecule has 6 rings (SSSR count). The Bertz CT molecular complexity index is 1440. The lowest BCUT2D eigenvalue weighted by Crippen LogP contribution is -2.01. The Morgan fingerprint density at radius 2 is 1.60 bits per heavy atom. The molecule has 0 aliphatic heterocycles. The molecule has 1 aliphatic carbocycles. The van der Waals surface area contributed by atoms with E-state index in [0.717, 1.165) is 50.9 Å². The zero-order valence-electron chi connectivity index (χ0n) is 17.3. The number of hydrogen-bond donors (Lipinski definition) is 0. The zero-order valence-corrected chi connectivity index (χ0v) is 17.3. The predicted molar refractivity (Wildman–Crippen MR) is 122 cm³/mol. The molecule has 0 N–H and O–H groups in total. The van der Waals surface area contributed by atoms with Crippen LogP contribution in [-0.4, -0.2) is 12.1 Å². The molecule has 0 saturated heterocycles. The van der Waals surface area contributed by atoms with Crippen LogP contribution >= 0.6 is 0 Å². The van der Waals surface area contributed by atoms with Crippen molar-refractivity contribution >= 4 is 32.7 Å². The summed E-state index contributed by atoms with van der Waals surface area (Å²) in [6, 6.07) is 17.3. The lowest BCUT2D eigenvalue weighted by molar-refractivity contribution is 0.414. The van der Waals surface area contributed by atoms with Gasteiger partial charge in [-0.05, 0) is 103 Å². The molecule has 5 aromatic rings. The molecule has 0 saturated carbocycles. The number of methoxy groups -OCH3 is 1. The maximum atomic E-state index is 6.29. The van der Waals surface area contributed by atoms with Crippen molar-refractivity contribution in [1.82, 2.24) is 4.98 Å². The van der Waals surface area contributed by atoms with Gasteiger partial charge < -0.3 is 9.15 Å². The summed E-state index contributed by atoms with van der Waals surface area (Å²) < 4.78 is 11.7. The summed E-state index contributed by atoms with van der Waals surface area (Å²) >= 11 is 0. The fourth-order valence-corrected chi connectivity index (χ4v) is 4.92. The number of pyridine rings is 1. The van der Waals surface area contributed by atoms with Crippen LogP contribution in [0.3, 0.4) is 0 Å². The van der Waals surface area contributed by atoms with Gasteiger partial charge in [0.05, 0.1) is 12.8 Å². The third kappa shape index (κ3) is 2.62. The van der Waals surface area contributed by atoms with Gasteiger partial charge in [0.15, 0.2) is 0 Å². The van der Waals surface area contributed by atoms with E-state index in [9.17, 15) is 0 Å².